The summed E-state index contributed by atoms with van der Waals surface area (Å²) >= 11 is 0. The summed E-state index contributed by atoms with van der Waals surface area (Å²) in [5.41, 5.74) is 0. The Morgan fingerprint density at radius 2 is 1.06 bits per heavy atom. The summed E-state index contributed by atoms with van der Waals surface area (Å²) in [6, 6.07) is 0. The molecule has 0 heterocycles. The summed E-state index contributed by atoms with van der Waals surface area (Å²) in [5.74, 6) is 0. The molecule has 0 spiro atoms. The number of allylic oxidation sites excluding steroid dienone is 4. The molecule has 0 aliphatic carbocycles. The first-order valence-corrected chi connectivity index (χ1v) is 13.9. The van der Waals surface area contributed by atoms with E-state index in [1.807, 2.05) is 0 Å². The van der Waals surface area contributed by atoms with E-state index < -0.39 is 0 Å². The van der Waals surface area contributed by atoms with Gasteiger partial charge in [0.2, 0.25) is 0 Å². The minimum atomic E-state index is -0.264. The molecule has 0 amide bonds. The quantitative estimate of drug-likeness (QED) is 0.114. The molecule has 0 aromatic rings. The summed E-state index contributed by atoms with van der Waals surface area (Å²) in [7, 11) is 0. The molecule has 31 heavy (non-hydrogen) atoms. The van der Waals surface area contributed by atoms with E-state index in [0.717, 1.165) is 32.3 Å². The van der Waals surface area contributed by atoms with E-state index in [1.165, 1.54) is 103 Å². The van der Waals surface area contributed by atoms with Crippen LogP contribution in [0.15, 0.2) is 24.3 Å². The Bertz CT molecular complexity index is 375. The minimum absolute atomic E-state index is 0.264. The predicted octanol–water partition coefficient (Wildman–Crippen LogP) is 9.32. The molecule has 2 heteroatoms. The van der Waals surface area contributed by atoms with Crippen molar-refractivity contribution in [1.82, 2.24) is 0 Å². The van der Waals surface area contributed by atoms with Gasteiger partial charge in [0.1, 0.15) is 0 Å². The first-order chi connectivity index (χ1) is 15.3. The van der Waals surface area contributed by atoms with Crippen molar-refractivity contribution in [1.29, 1.82) is 0 Å². The van der Waals surface area contributed by atoms with Gasteiger partial charge < -0.3 is 9.84 Å². The van der Waals surface area contributed by atoms with Crippen molar-refractivity contribution in [2.45, 2.75) is 148 Å². The van der Waals surface area contributed by atoms with Crippen LogP contribution in [0, 0.1) is 0 Å². The van der Waals surface area contributed by atoms with E-state index in [2.05, 4.69) is 38.2 Å². The first kappa shape index (κ1) is 30.4. The normalized spacial score (nSPS) is 13.0. The molecule has 184 valence electrons. The molecule has 0 radical (unpaired) electrons. The Labute approximate surface area is 195 Å². The Kier molecular flexibility index (Phi) is 26.9. The molecule has 0 aliphatic heterocycles. The van der Waals surface area contributed by atoms with Gasteiger partial charge in [0, 0.05) is 6.61 Å². The molecule has 0 aliphatic rings. The lowest BCUT2D eigenvalue weighted by Crippen LogP contribution is -2.15. The van der Waals surface area contributed by atoms with E-state index in [1.54, 1.807) is 0 Å². The van der Waals surface area contributed by atoms with Crippen LogP contribution in [-0.4, -0.2) is 24.4 Å². The third-order valence-electron chi connectivity index (χ3n) is 5.94. The second kappa shape index (κ2) is 27.4. The molecular formula is C29H56O2. The fourth-order valence-corrected chi connectivity index (χ4v) is 3.83. The zero-order chi connectivity index (χ0) is 22.7. The smallest absolute Gasteiger partial charge is 0.0773 e. The zero-order valence-electron chi connectivity index (χ0n) is 21.3. The standard InChI is InChI=1S/C29H56O2/c1-3-5-7-9-11-12-13-14-15-16-17-18-19-21-23-25-27-31-28-29(30)26-24-22-20-10-8-6-4-2/h11-12,14-15,29-30H,3-10,13,16-28H2,1-2H3/b12-11-,15-14-/t29-/m1/s1. The highest BCUT2D eigenvalue weighted by molar-refractivity contribution is 4.92. The molecule has 0 saturated heterocycles. The molecular weight excluding hydrogens is 380 g/mol. The van der Waals surface area contributed by atoms with E-state index in [0.29, 0.717) is 6.61 Å². The van der Waals surface area contributed by atoms with Crippen LogP contribution in [0.1, 0.15) is 142 Å². The second-order valence-electron chi connectivity index (χ2n) is 9.22. The Balaban J connectivity index is 3.21. The SMILES string of the molecule is CCCCC/C=C\C/C=C\CCCCCCCCOC[C@H](O)CCCCCCCCC. The van der Waals surface area contributed by atoms with E-state index in [-0.39, 0.29) is 6.10 Å². The number of aliphatic hydroxyl groups is 1. The molecule has 0 bridgehead atoms. The number of hydrogen-bond donors (Lipinski definition) is 1. The fraction of sp³-hybridized carbons (Fsp3) is 0.862. The van der Waals surface area contributed by atoms with Gasteiger partial charge in [-0.1, -0.05) is 122 Å². The van der Waals surface area contributed by atoms with E-state index >= 15 is 0 Å². The first-order valence-electron chi connectivity index (χ1n) is 13.9. The lowest BCUT2D eigenvalue weighted by molar-refractivity contribution is 0.0297. The Morgan fingerprint density at radius 3 is 1.71 bits per heavy atom. The van der Waals surface area contributed by atoms with Crippen molar-refractivity contribution in [2.24, 2.45) is 0 Å². The Morgan fingerprint density at radius 1 is 0.581 bits per heavy atom. The van der Waals surface area contributed by atoms with Gasteiger partial charge in [-0.15, -0.1) is 0 Å². The summed E-state index contributed by atoms with van der Waals surface area (Å²) in [4.78, 5) is 0. The third kappa shape index (κ3) is 27.4. The maximum Gasteiger partial charge on any atom is 0.0773 e. The van der Waals surface area contributed by atoms with Crippen LogP contribution >= 0.6 is 0 Å². The van der Waals surface area contributed by atoms with Crippen LogP contribution in [0.25, 0.3) is 0 Å². The zero-order valence-corrected chi connectivity index (χ0v) is 21.3. The van der Waals surface area contributed by atoms with E-state index in [9.17, 15) is 5.11 Å². The van der Waals surface area contributed by atoms with E-state index in [4.69, 9.17) is 4.74 Å². The molecule has 1 N–H and O–H groups in total. The van der Waals surface area contributed by atoms with Crippen LogP contribution < -0.4 is 0 Å². The predicted molar refractivity (Wildman–Crippen MR) is 139 cm³/mol. The van der Waals surface area contributed by atoms with Gasteiger partial charge in [-0.05, 0) is 44.9 Å². The van der Waals surface area contributed by atoms with Crippen molar-refractivity contribution in [3.05, 3.63) is 24.3 Å². The van der Waals surface area contributed by atoms with Crippen LogP contribution in [0.4, 0.5) is 0 Å². The van der Waals surface area contributed by atoms with Crippen LogP contribution in [0.2, 0.25) is 0 Å². The van der Waals surface area contributed by atoms with Crippen molar-refractivity contribution < 1.29 is 9.84 Å². The van der Waals surface area contributed by atoms with Crippen molar-refractivity contribution in [3.8, 4) is 0 Å². The summed E-state index contributed by atoms with van der Waals surface area (Å²) < 4.78 is 5.66. The minimum Gasteiger partial charge on any atom is -0.391 e. The fourth-order valence-electron chi connectivity index (χ4n) is 3.83. The molecule has 0 fully saturated rings. The van der Waals surface area contributed by atoms with Crippen molar-refractivity contribution >= 4 is 0 Å². The summed E-state index contributed by atoms with van der Waals surface area (Å²) in [6.45, 7) is 5.85. The van der Waals surface area contributed by atoms with Crippen molar-refractivity contribution in [3.63, 3.8) is 0 Å². The topological polar surface area (TPSA) is 29.5 Å². The molecule has 0 saturated carbocycles. The molecule has 2 nitrogen and oxygen atoms in total. The summed E-state index contributed by atoms with van der Waals surface area (Å²) in [5, 5.41) is 9.99. The maximum atomic E-state index is 9.99. The number of ether oxygens (including phenoxy) is 1. The van der Waals surface area contributed by atoms with Crippen LogP contribution in [-0.2, 0) is 4.74 Å². The van der Waals surface area contributed by atoms with Crippen LogP contribution in [0.3, 0.4) is 0 Å². The second-order valence-corrected chi connectivity index (χ2v) is 9.22. The highest BCUT2D eigenvalue weighted by Crippen LogP contribution is 2.11. The van der Waals surface area contributed by atoms with Crippen LogP contribution in [0.5, 0.6) is 0 Å². The molecule has 0 aromatic carbocycles. The number of aliphatic hydroxyl groups excluding tert-OH is 1. The number of rotatable bonds is 25. The average molecular weight is 437 g/mol. The van der Waals surface area contributed by atoms with Gasteiger partial charge >= 0.3 is 0 Å². The lowest BCUT2D eigenvalue weighted by Gasteiger charge is -2.11. The monoisotopic (exact) mass is 436 g/mol. The van der Waals surface area contributed by atoms with Gasteiger partial charge in [0.25, 0.3) is 0 Å². The molecule has 1 atom stereocenters. The van der Waals surface area contributed by atoms with Gasteiger partial charge in [0.05, 0.1) is 12.7 Å². The molecule has 0 aromatic heterocycles. The van der Waals surface area contributed by atoms with Gasteiger partial charge in [-0.25, -0.2) is 0 Å². The van der Waals surface area contributed by atoms with Crippen molar-refractivity contribution in [2.75, 3.05) is 13.2 Å². The number of hydrogen-bond acceptors (Lipinski definition) is 2. The van der Waals surface area contributed by atoms with Gasteiger partial charge in [0.15, 0.2) is 0 Å². The Hall–Kier alpha value is -0.600. The van der Waals surface area contributed by atoms with Gasteiger partial charge in [-0.2, -0.15) is 0 Å². The highest BCUT2D eigenvalue weighted by atomic mass is 16.5. The highest BCUT2D eigenvalue weighted by Gasteiger charge is 2.04. The average Bonchev–Trinajstić information content (AvgIpc) is 2.77. The molecule has 0 rings (SSSR count). The maximum absolute atomic E-state index is 9.99. The molecule has 0 unspecified atom stereocenters. The lowest BCUT2D eigenvalue weighted by atomic mass is 10.1. The summed E-state index contributed by atoms with van der Waals surface area (Å²) in [6.07, 6.45) is 34.3. The number of unbranched alkanes of at least 4 members (excludes halogenated alkanes) is 15. The third-order valence-corrected chi connectivity index (χ3v) is 5.94. The van der Waals surface area contributed by atoms with Gasteiger partial charge in [-0.3, -0.25) is 0 Å². The largest absolute Gasteiger partial charge is 0.391 e.